The van der Waals surface area contributed by atoms with Crippen molar-refractivity contribution in [2.75, 3.05) is 26.4 Å². The summed E-state index contributed by atoms with van der Waals surface area (Å²) in [5.41, 5.74) is 5.90. The summed E-state index contributed by atoms with van der Waals surface area (Å²) in [4.78, 5) is 24.4. The minimum atomic E-state index is -0.873. The Hall–Kier alpha value is -6.94. The van der Waals surface area contributed by atoms with Crippen LogP contribution in [0.1, 0.15) is 33.4 Å². The third-order valence-corrected chi connectivity index (χ3v) is 8.71. The van der Waals surface area contributed by atoms with Crippen molar-refractivity contribution in [2.45, 2.75) is 39.3 Å². The maximum atomic E-state index is 12.2. The average Bonchev–Trinajstić information content (AvgIpc) is 3.27. The molecule has 0 unspecified atom stereocenters. The van der Waals surface area contributed by atoms with Crippen LogP contribution in [0.3, 0.4) is 0 Å². The van der Waals surface area contributed by atoms with Crippen molar-refractivity contribution in [3.8, 4) is 23.0 Å². The molecule has 0 atom stereocenters. The molecule has 10 nitrogen and oxygen atoms in total. The number of carbonyl (C=O) groups excluding carboxylic acids is 2. The minimum Gasteiger partial charge on any atom is -0.485 e. The standard InChI is InChI=1S/C48H46O10/c49-47(51-27-25-37-21-23-43(55-33-39-13-5-1-6-14-39)45(31-37)57-35-41-17-9-3-10-18-41)53-29-30-54-48(50)52-28-26-38-22-24-44(56-34-40-15-7-2-8-16-40)46(32-38)58-36-42-19-11-4-12-20-42/h1-24,31-32H,25-30,33-36H2. The van der Waals surface area contributed by atoms with E-state index >= 15 is 0 Å². The monoisotopic (exact) mass is 782 g/mol. The van der Waals surface area contributed by atoms with Crippen LogP contribution in [-0.4, -0.2) is 38.7 Å². The molecule has 0 N–H and O–H groups in total. The lowest BCUT2D eigenvalue weighted by Crippen LogP contribution is -2.17. The molecule has 298 valence electrons. The zero-order valence-corrected chi connectivity index (χ0v) is 32.2. The summed E-state index contributed by atoms with van der Waals surface area (Å²) in [5, 5.41) is 0. The molecular weight excluding hydrogens is 737 g/mol. The van der Waals surface area contributed by atoms with Crippen molar-refractivity contribution in [1.29, 1.82) is 0 Å². The Kier molecular flexibility index (Phi) is 15.8. The first-order chi connectivity index (χ1) is 28.6. The van der Waals surface area contributed by atoms with E-state index in [0.717, 1.165) is 33.4 Å². The van der Waals surface area contributed by atoms with Gasteiger partial charge < -0.3 is 37.9 Å². The molecule has 6 aromatic carbocycles. The van der Waals surface area contributed by atoms with E-state index in [9.17, 15) is 9.59 Å². The lowest BCUT2D eigenvalue weighted by atomic mass is 10.1. The number of carbonyl (C=O) groups is 2. The largest absolute Gasteiger partial charge is 0.508 e. The van der Waals surface area contributed by atoms with E-state index in [-0.39, 0.29) is 26.4 Å². The summed E-state index contributed by atoms with van der Waals surface area (Å²) >= 11 is 0. The maximum absolute atomic E-state index is 12.2. The van der Waals surface area contributed by atoms with E-state index in [1.54, 1.807) is 0 Å². The van der Waals surface area contributed by atoms with E-state index < -0.39 is 12.3 Å². The zero-order valence-electron chi connectivity index (χ0n) is 32.2. The molecule has 6 rings (SSSR count). The Labute approximate surface area is 338 Å². The molecule has 0 saturated carbocycles. The second-order valence-corrected chi connectivity index (χ2v) is 13.1. The van der Waals surface area contributed by atoms with Gasteiger partial charge in [0.05, 0.1) is 13.2 Å². The van der Waals surface area contributed by atoms with Crippen LogP contribution < -0.4 is 18.9 Å². The summed E-state index contributed by atoms with van der Waals surface area (Å²) in [7, 11) is 0. The van der Waals surface area contributed by atoms with Gasteiger partial charge >= 0.3 is 12.3 Å². The first kappa shape index (κ1) is 40.7. The molecule has 0 aliphatic rings. The van der Waals surface area contributed by atoms with Crippen LogP contribution in [-0.2, 0) is 58.2 Å². The highest BCUT2D eigenvalue weighted by Gasteiger charge is 2.13. The third-order valence-electron chi connectivity index (χ3n) is 8.71. The summed E-state index contributed by atoms with van der Waals surface area (Å²) in [6.07, 6.45) is -0.908. The van der Waals surface area contributed by atoms with Crippen molar-refractivity contribution in [3.63, 3.8) is 0 Å². The van der Waals surface area contributed by atoms with Gasteiger partial charge in [-0.3, -0.25) is 0 Å². The molecule has 58 heavy (non-hydrogen) atoms. The van der Waals surface area contributed by atoms with Gasteiger partial charge in [-0.2, -0.15) is 0 Å². The van der Waals surface area contributed by atoms with Gasteiger partial charge in [-0.15, -0.1) is 0 Å². The quantitative estimate of drug-likeness (QED) is 0.0517. The second-order valence-electron chi connectivity index (χ2n) is 13.1. The molecule has 6 aromatic rings. The number of benzene rings is 6. The first-order valence-corrected chi connectivity index (χ1v) is 19.1. The van der Waals surface area contributed by atoms with Gasteiger partial charge in [-0.1, -0.05) is 133 Å². The van der Waals surface area contributed by atoms with Crippen LogP contribution in [0.25, 0.3) is 0 Å². The van der Waals surface area contributed by atoms with Crippen molar-refractivity contribution >= 4 is 12.3 Å². The lowest BCUT2D eigenvalue weighted by Gasteiger charge is -2.15. The molecule has 0 spiro atoms. The summed E-state index contributed by atoms with van der Waals surface area (Å²) < 4.78 is 45.1. The van der Waals surface area contributed by atoms with E-state index in [0.29, 0.717) is 62.3 Å². The molecule has 0 amide bonds. The van der Waals surface area contributed by atoms with Gasteiger partial charge in [-0.25, -0.2) is 9.59 Å². The highest BCUT2D eigenvalue weighted by Crippen LogP contribution is 2.32. The summed E-state index contributed by atoms with van der Waals surface area (Å²) in [6.45, 7) is 1.30. The van der Waals surface area contributed by atoms with Crippen LogP contribution in [0, 0.1) is 0 Å². The van der Waals surface area contributed by atoms with Gasteiger partial charge in [0.25, 0.3) is 0 Å². The van der Waals surface area contributed by atoms with Crippen LogP contribution >= 0.6 is 0 Å². The van der Waals surface area contributed by atoms with E-state index in [2.05, 4.69) is 0 Å². The number of hydrogen-bond donors (Lipinski definition) is 0. The van der Waals surface area contributed by atoms with Crippen molar-refractivity contribution < 1.29 is 47.5 Å². The Balaban J connectivity index is 0.893. The van der Waals surface area contributed by atoms with E-state index in [1.807, 2.05) is 158 Å². The van der Waals surface area contributed by atoms with Gasteiger partial charge in [0, 0.05) is 12.8 Å². The topological polar surface area (TPSA) is 108 Å². The van der Waals surface area contributed by atoms with Crippen LogP contribution in [0.5, 0.6) is 23.0 Å². The molecule has 10 heteroatoms. The fraction of sp³-hybridized carbons (Fsp3) is 0.208. The molecule has 0 aromatic heterocycles. The Morgan fingerprint density at radius 2 is 0.603 bits per heavy atom. The third kappa shape index (κ3) is 14.0. The van der Waals surface area contributed by atoms with Crippen molar-refractivity contribution in [1.82, 2.24) is 0 Å². The van der Waals surface area contributed by atoms with E-state index in [4.69, 9.17) is 37.9 Å². The second kappa shape index (κ2) is 22.6. The fourth-order valence-corrected chi connectivity index (χ4v) is 5.66. The normalized spacial score (nSPS) is 10.6. The average molecular weight is 783 g/mol. The van der Waals surface area contributed by atoms with Gasteiger partial charge in [0.15, 0.2) is 23.0 Å². The van der Waals surface area contributed by atoms with Crippen LogP contribution in [0.15, 0.2) is 158 Å². The van der Waals surface area contributed by atoms with Crippen molar-refractivity contribution in [3.05, 3.63) is 191 Å². The molecule has 0 heterocycles. The predicted octanol–water partition coefficient (Wildman–Crippen LogP) is 10.1. The van der Waals surface area contributed by atoms with Gasteiger partial charge in [0.2, 0.25) is 0 Å². The number of hydrogen-bond acceptors (Lipinski definition) is 10. The minimum absolute atomic E-state index is 0.0726. The molecular formula is C48H46O10. The molecule has 0 fully saturated rings. The summed E-state index contributed by atoms with van der Waals surface area (Å²) in [5.74, 6) is 2.39. The van der Waals surface area contributed by atoms with E-state index in [1.165, 1.54) is 0 Å². The highest BCUT2D eigenvalue weighted by atomic mass is 16.7. The molecule has 0 radical (unpaired) electrons. The summed E-state index contributed by atoms with van der Waals surface area (Å²) in [6, 6.07) is 50.8. The zero-order chi connectivity index (χ0) is 40.0. The first-order valence-electron chi connectivity index (χ1n) is 19.1. The lowest BCUT2D eigenvalue weighted by molar-refractivity contribution is 0.0189. The van der Waals surface area contributed by atoms with Gasteiger partial charge in [-0.05, 0) is 57.6 Å². The van der Waals surface area contributed by atoms with Crippen LogP contribution in [0.2, 0.25) is 0 Å². The molecule has 0 bridgehead atoms. The Morgan fingerprint density at radius 3 is 0.931 bits per heavy atom. The fourth-order valence-electron chi connectivity index (χ4n) is 5.66. The number of ether oxygens (including phenoxy) is 8. The number of rotatable bonds is 21. The molecule has 0 aliphatic heterocycles. The molecule has 0 aliphatic carbocycles. The SMILES string of the molecule is O=C(OCCOC(=O)OCCc1ccc(OCc2ccccc2)c(OCc2ccccc2)c1)OCCc1ccc(OCc2ccccc2)c(OCc2ccccc2)c1. The Morgan fingerprint density at radius 1 is 0.310 bits per heavy atom. The van der Waals surface area contributed by atoms with Crippen molar-refractivity contribution in [2.24, 2.45) is 0 Å². The molecule has 0 saturated heterocycles. The van der Waals surface area contributed by atoms with Crippen LogP contribution in [0.4, 0.5) is 9.59 Å². The predicted molar refractivity (Wildman–Crippen MR) is 218 cm³/mol. The Bertz CT molecular complexity index is 1970. The van der Waals surface area contributed by atoms with Gasteiger partial charge in [0.1, 0.15) is 39.6 Å². The highest BCUT2D eigenvalue weighted by molar-refractivity contribution is 5.61. The smallest absolute Gasteiger partial charge is 0.485 e. The maximum Gasteiger partial charge on any atom is 0.508 e.